The maximum atomic E-state index is 6.09. The fourth-order valence-electron chi connectivity index (χ4n) is 2.36. The van der Waals surface area contributed by atoms with Crippen molar-refractivity contribution in [2.24, 2.45) is 0 Å². The molecule has 4 heteroatoms. The van der Waals surface area contributed by atoms with Gasteiger partial charge in [0.05, 0.1) is 0 Å². The molecule has 0 bridgehead atoms. The molecule has 0 amide bonds. The van der Waals surface area contributed by atoms with E-state index in [2.05, 4.69) is 23.3 Å². The fraction of sp³-hybridized carbons (Fsp3) is 0.133. The predicted octanol–water partition coefficient (Wildman–Crippen LogP) is 2.89. The van der Waals surface area contributed by atoms with E-state index in [4.69, 9.17) is 11.5 Å². The molecule has 3 aromatic rings. The Bertz CT molecular complexity index is 738. The number of benzene rings is 2. The van der Waals surface area contributed by atoms with Crippen molar-refractivity contribution in [1.29, 1.82) is 0 Å². The second kappa shape index (κ2) is 4.31. The summed E-state index contributed by atoms with van der Waals surface area (Å²) in [6.45, 7) is 2.70. The molecule has 0 aliphatic rings. The van der Waals surface area contributed by atoms with Crippen LogP contribution in [0.5, 0.6) is 0 Å². The van der Waals surface area contributed by atoms with Crippen molar-refractivity contribution in [3.05, 3.63) is 42.5 Å². The first-order valence-electron chi connectivity index (χ1n) is 6.32. The van der Waals surface area contributed by atoms with Crippen molar-refractivity contribution in [3.8, 4) is 11.3 Å². The molecule has 2 aromatic carbocycles. The van der Waals surface area contributed by atoms with Gasteiger partial charge in [0.25, 0.3) is 0 Å². The predicted molar refractivity (Wildman–Crippen MR) is 79.7 cm³/mol. The highest BCUT2D eigenvalue weighted by atomic mass is 15.3. The second-order valence-corrected chi connectivity index (χ2v) is 4.49. The van der Waals surface area contributed by atoms with E-state index in [0.717, 1.165) is 16.6 Å². The Hall–Kier alpha value is -2.49. The minimum atomic E-state index is 0.533. The highest BCUT2D eigenvalue weighted by Crippen LogP contribution is 2.34. The van der Waals surface area contributed by atoms with Gasteiger partial charge >= 0.3 is 0 Å². The number of hydrogen-bond acceptors (Lipinski definition) is 3. The smallest absolute Gasteiger partial charge is 0.145 e. The third kappa shape index (κ3) is 1.73. The van der Waals surface area contributed by atoms with Gasteiger partial charge in [0.15, 0.2) is 0 Å². The number of nitrogens with zero attached hydrogens (tertiary/aromatic N) is 2. The van der Waals surface area contributed by atoms with Crippen LogP contribution in [-0.4, -0.2) is 9.78 Å². The molecule has 1 heterocycles. The summed E-state index contributed by atoms with van der Waals surface area (Å²) < 4.78 is 1.73. The van der Waals surface area contributed by atoms with Gasteiger partial charge in [-0.25, -0.2) is 4.68 Å². The Morgan fingerprint density at radius 2 is 1.79 bits per heavy atom. The van der Waals surface area contributed by atoms with Crippen molar-refractivity contribution >= 4 is 22.3 Å². The van der Waals surface area contributed by atoms with Crippen LogP contribution in [0.25, 0.3) is 22.0 Å². The number of anilines is 2. The van der Waals surface area contributed by atoms with E-state index >= 15 is 0 Å². The molecule has 0 aliphatic carbocycles. The molecule has 96 valence electrons. The third-order valence-electron chi connectivity index (χ3n) is 3.37. The van der Waals surface area contributed by atoms with Crippen molar-refractivity contribution in [2.45, 2.75) is 13.5 Å². The Balaban J connectivity index is 2.30. The van der Waals surface area contributed by atoms with Crippen LogP contribution in [-0.2, 0) is 6.54 Å². The van der Waals surface area contributed by atoms with Gasteiger partial charge in [0.2, 0.25) is 0 Å². The highest BCUT2D eigenvalue weighted by Gasteiger charge is 2.15. The summed E-state index contributed by atoms with van der Waals surface area (Å²) in [6.07, 6.45) is 0. The average molecular weight is 252 g/mol. The summed E-state index contributed by atoms with van der Waals surface area (Å²) in [4.78, 5) is 0. The van der Waals surface area contributed by atoms with Crippen LogP contribution in [0.1, 0.15) is 6.92 Å². The van der Waals surface area contributed by atoms with Gasteiger partial charge in [-0.15, -0.1) is 0 Å². The van der Waals surface area contributed by atoms with Gasteiger partial charge in [-0.3, -0.25) is 0 Å². The third-order valence-corrected chi connectivity index (χ3v) is 3.37. The lowest BCUT2D eigenvalue weighted by molar-refractivity contribution is 0.672. The van der Waals surface area contributed by atoms with Crippen molar-refractivity contribution in [3.63, 3.8) is 0 Å². The largest absolute Gasteiger partial charge is 0.394 e. The molecule has 3 rings (SSSR count). The molecular formula is C15H16N4. The highest BCUT2D eigenvalue weighted by molar-refractivity contribution is 5.99. The molecule has 0 saturated carbocycles. The first-order valence-corrected chi connectivity index (χ1v) is 6.32. The number of aryl methyl sites for hydroxylation is 1. The molecule has 1 aromatic heterocycles. The van der Waals surface area contributed by atoms with Crippen LogP contribution in [0.15, 0.2) is 42.5 Å². The van der Waals surface area contributed by atoms with Crippen LogP contribution < -0.4 is 11.5 Å². The molecule has 0 aliphatic heterocycles. The molecule has 0 unspecified atom stereocenters. The van der Waals surface area contributed by atoms with Gasteiger partial charge in [0, 0.05) is 12.1 Å². The number of rotatable bonds is 2. The number of nitrogen functional groups attached to an aromatic ring is 2. The summed E-state index contributed by atoms with van der Waals surface area (Å²) in [5, 5.41) is 6.82. The van der Waals surface area contributed by atoms with Crippen molar-refractivity contribution in [1.82, 2.24) is 9.78 Å². The molecular weight excluding hydrogens is 236 g/mol. The van der Waals surface area contributed by atoms with Gasteiger partial charge in [0.1, 0.15) is 17.2 Å². The Kier molecular flexibility index (Phi) is 2.63. The van der Waals surface area contributed by atoms with E-state index in [1.807, 2.05) is 31.2 Å². The Morgan fingerprint density at radius 3 is 2.53 bits per heavy atom. The summed E-state index contributed by atoms with van der Waals surface area (Å²) in [6, 6.07) is 14.3. The van der Waals surface area contributed by atoms with Crippen LogP contribution >= 0.6 is 0 Å². The summed E-state index contributed by atoms with van der Waals surface area (Å²) in [5.74, 6) is 0.533. The normalized spacial score (nSPS) is 11.0. The fourth-order valence-corrected chi connectivity index (χ4v) is 2.36. The summed E-state index contributed by atoms with van der Waals surface area (Å²) >= 11 is 0. The minimum Gasteiger partial charge on any atom is -0.394 e. The van der Waals surface area contributed by atoms with E-state index < -0.39 is 0 Å². The lowest BCUT2D eigenvalue weighted by Crippen LogP contribution is -2.02. The van der Waals surface area contributed by atoms with E-state index in [1.54, 1.807) is 4.68 Å². The topological polar surface area (TPSA) is 69.9 Å². The molecule has 19 heavy (non-hydrogen) atoms. The van der Waals surface area contributed by atoms with Crippen molar-refractivity contribution < 1.29 is 0 Å². The van der Waals surface area contributed by atoms with Gasteiger partial charge in [-0.05, 0) is 17.7 Å². The van der Waals surface area contributed by atoms with Crippen LogP contribution in [0, 0.1) is 0 Å². The van der Waals surface area contributed by atoms with E-state index in [1.165, 1.54) is 5.39 Å². The first kappa shape index (κ1) is 11.6. The second-order valence-electron chi connectivity index (χ2n) is 4.49. The summed E-state index contributed by atoms with van der Waals surface area (Å²) in [5.41, 5.74) is 14.4. The Labute approximate surface area is 111 Å². The molecule has 4 nitrogen and oxygen atoms in total. The van der Waals surface area contributed by atoms with Crippen LogP contribution in [0.2, 0.25) is 0 Å². The zero-order valence-corrected chi connectivity index (χ0v) is 10.8. The quantitative estimate of drug-likeness (QED) is 0.736. The molecule has 0 saturated heterocycles. The summed E-state index contributed by atoms with van der Waals surface area (Å²) in [7, 11) is 0. The van der Waals surface area contributed by atoms with Crippen LogP contribution in [0.4, 0.5) is 11.5 Å². The van der Waals surface area contributed by atoms with E-state index in [0.29, 0.717) is 18.1 Å². The number of aromatic nitrogens is 2. The zero-order chi connectivity index (χ0) is 13.4. The lowest BCUT2D eigenvalue weighted by Gasteiger charge is -2.04. The Morgan fingerprint density at radius 1 is 1.05 bits per heavy atom. The number of hydrogen-bond donors (Lipinski definition) is 2. The first-order chi connectivity index (χ1) is 9.22. The number of nitrogens with two attached hydrogens (primary N) is 2. The van der Waals surface area contributed by atoms with Crippen molar-refractivity contribution in [2.75, 3.05) is 11.5 Å². The van der Waals surface area contributed by atoms with Gasteiger partial charge in [-0.2, -0.15) is 5.10 Å². The molecule has 0 atom stereocenters. The number of fused-ring (bicyclic) bond motifs is 1. The maximum Gasteiger partial charge on any atom is 0.145 e. The molecule has 0 spiro atoms. The minimum absolute atomic E-state index is 0.533. The van der Waals surface area contributed by atoms with Crippen LogP contribution in [0.3, 0.4) is 0 Å². The standard InChI is InChI=1S/C15H16N4/c1-2-19-15(17)13(16)14(18-19)12-9-5-7-10-6-3-4-8-11(10)12/h3-9H,2,16-17H2,1H3. The lowest BCUT2D eigenvalue weighted by atomic mass is 10.0. The zero-order valence-electron chi connectivity index (χ0n) is 10.8. The average Bonchev–Trinajstić information content (AvgIpc) is 2.74. The SMILES string of the molecule is CCn1nc(-c2cccc3ccccc23)c(N)c1N. The van der Waals surface area contributed by atoms with E-state index in [9.17, 15) is 0 Å². The van der Waals surface area contributed by atoms with Gasteiger partial charge < -0.3 is 11.5 Å². The van der Waals surface area contributed by atoms with Gasteiger partial charge in [-0.1, -0.05) is 42.5 Å². The monoisotopic (exact) mass is 252 g/mol. The molecule has 0 radical (unpaired) electrons. The molecule has 4 N–H and O–H groups in total. The molecule has 0 fully saturated rings. The van der Waals surface area contributed by atoms with E-state index in [-0.39, 0.29) is 0 Å². The maximum absolute atomic E-state index is 6.09.